The summed E-state index contributed by atoms with van der Waals surface area (Å²) in [5, 5.41) is 20.0. The van der Waals surface area contributed by atoms with E-state index in [4.69, 9.17) is 0 Å². The van der Waals surface area contributed by atoms with Crippen LogP contribution in [-0.4, -0.2) is 25.7 Å². The minimum absolute atomic E-state index is 0.0821. The Balaban J connectivity index is 1.99. The van der Waals surface area contributed by atoms with Gasteiger partial charge in [0.05, 0.1) is 5.97 Å². The number of benzene rings is 1. The lowest BCUT2D eigenvalue weighted by Gasteiger charge is -2.08. The topological polar surface area (TPSA) is 86.6 Å². The number of thioether (sulfide) groups is 1. The summed E-state index contributed by atoms with van der Waals surface area (Å²) in [5.74, 6) is -0.484. The second-order valence-corrected chi connectivity index (χ2v) is 7.32. The van der Waals surface area contributed by atoms with Gasteiger partial charge in [-0.15, -0.1) is 5.10 Å². The highest BCUT2D eigenvalue weighted by molar-refractivity contribution is 8.04. The summed E-state index contributed by atoms with van der Waals surface area (Å²) < 4.78 is 2.13. The number of rotatable bonds is 7. The lowest BCUT2D eigenvalue weighted by atomic mass is 10.1. The third-order valence-corrected chi connectivity index (χ3v) is 4.88. The second kappa shape index (κ2) is 7.78. The van der Waals surface area contributed by atoms with E-state index in [1.165, 1.54) is 0 Å². The molecular weight excluding hydrogens is 348 g/mol. The van der Waals surface area contributed by atoms with Gasteiger partial charge in [0.25, 0.3) is 0 Å². The molecule has 136 valence electrons. The normalized spacial score (nSPS) is 12.2. The Bertz CT molecular complexity index is 956. The van der Waals surface area contributed by atoms with Gasteiger partial charge in [-0.2, -0.15) is 0 Å². The third-order valence-electron chi connectivity index (χ3n) is 4.01. The van der Waals surface area contributed by atoms with E-state index in [2.05, 4.69) is 33.6 Å². The van der Waals surface area contributed by atoms with Gasteiger partial charge >= 0.3 is 0 Å². The van der Waals surface area contributed by atoms with Crippen LogP contribution in [-0.2, 0) is 11.2 Å². The van der Waals surface area contributed by atoms with Gasteiger partial charge in [-0.05, 0) is 44.2 Å². The minimum atomic E-state index is -1.24. The Kier molecular flexibility index (Phi) is 5.46. The van der Waals surface area contributed by atoms with Crippen LogP contribution in [0.15, 0.2) is 40.5 Å². The fourth-order valence-corrected chi connectivity index (χ4v) is 3.53. The van der Waals surface area contributed by atoms with Crippen LogP contribution in [0.5, 0.6) is 0 Å². The van der Waals surface area contributed by atoms with Crippen molar-refractivity contribution in [2.24, 2.45) is 0 Å². The van der Waals surface area contributed by atoms with E-state index < -0.39 is 5.97 Å². The summed E-state index contributed by atoms with van der Waals surface area (Å²) in [6.07, 6.45) is 5.33. The molecule has 0 saturated heterocycles. The summed E-state index contributed by atoms with van der Waals surface area (Å²) in [7, 11) is 0. The number of carbonyl (C=O) groups excluding carboxylic acids is 1. The number of fused-ring (bicyclic) bond motifs is 1. The molecule has 3 rings (SSSR count). The van der Waals surface area contributed by atoms with Crippen molar-refractivity contribution in [1.29, 1.82) is 0 Å². The van der Waals surface area contributed by atoms with E-state index in [-0.39, 0.29) is 10.9 Å². The van der Waals surface area contributed by atoms with Crippen LogP contribution < -0.4 is 5.11 Å². The number of aryl methyl sites for hydroxylation is 1. The van der Waals surface area contributed by atoms with E-state index in [9.17, 15) is 9.90 Å². The molecule has 0 atom stereocenters. The molecule has 0 aliphatic carbocycles. The van der Waals surface area contributed by atoms with Crippen molar-refractivity contribution < 1.29 is 9.90 Å². The summed E-state index contributed by atoms with van der Waals surface area (Å²) in [5.41, 5.74) is 1.91. The molecule has 0 bridgehead atoms. The van der Waals surface area contributed by atoms with Gasteiger partial charge in [0.15, 0.2) is 0 Å². The van der Waals surface area contributed by atoms with Gasteiger partial charge < -0.3 is 14.5 Å². The van der Waals surface area contributed by atoms with Crippen LogP contribution in [0, 0.1) is 0 Å². The van der Waals surface area contributed by atoms with Crippen LogP contribution in [0.4, 0.5) is 0 Å². The number of aromatic nitrogens is 4. The molecule has 1 aromatic carbocycles. The van der Waals surface area contributed by atoms with Crippen LogP contribution in [0.1, 0.15) is 44.6 Å². The van der Waals surface area contributed by atoms with Crippen molar-refractivity contribution in [3.8, 4) is 0 Å². The smallest absolute Gasteiger partial charge is 0.213 e. The number of H-pyrrole nitrogens is 1. The maximum Gasteiger partial charge on any atom is 0.213 e. The molecule has 0 amide bonds. The molecule has 0 saturated carbocycles. The van der Waals surface area contributed by atoms with E-state index >= 15 is 0 Å². The number of hydrogen-bond donors (Lipinski definition) is 1. The number of hydrogen-bond acceptors (Lipinski definition) is 5. The molecule has 0 radical (unpaired) electrons. The van der Waals surface area contributed by atoms with Gasteiger partial charge in [-0.3, -0.25) is 5.10 Å². The van der Waals surface area contributed by atoms with Crippen molar-refractivity contribution in [3.05, 3.63) is 46.8 Å². The zero-order valence-electron chi connectivity index (χ0n) is 15.0. The first-order valence-electron chi connectivity index (χ1n) is 8.61. The second-order valence-electron chi connectivity index (χ2n) is 6.32. The molecule has 0 aliphatic rings. The molecule has 0 fully saturated rings. The number of nitrogens with zero attached hydrogens (tertiary/aromatic N) is 3. The van der Waals surface area contributed by atoms with Gasteiger partial charge in [0.1, 0.15) is 5.82 Å². The number of carboxylic acids is 1. The number of aromatic amines is 1. The SMILES string of the molecule is CCCc1nc(S/C(=C\c2cn(C(C)C)c3ccccc23)C(=O)[O-])n[nH]1. The molecule has 6 nitrogen and oxygen atoms in total. The summed E-state index contributed by atoms with van der Waals surface area (Å²) in [4.78, 5) is 16.0. The molecule has 3 aromatic rings. The number of para-hydroxylation sites is 1. The van der Waals surface area contributed by atoms with E-state index in [0.29, 0.717) is 5.16 Å². The highest BCUT2D eigenvalue weighted by Crippen LogP contribution is 2.30. The van der Waals surface area contributed by atoms with E-state index in [1.807, 2.05) is 37.4 Å². The summed E-state index contributed by atoms with van der Waals surface area (Å²) >= 11 is 1.00. The molecule has 1 N–H and O–H groups in total. The van der Waals surface area contributed by atoms with Crippen molar-refractivity contribution >= 4 is 34.7 Å². The Labute approximate surface area is 156 Å². The highest BCUT2D eigenvalue weighted by atomic mass is 32.2. The van der Waals surface area contributed by atoms with Gasteiger partial charge in [-0.1, -0.05) is 25.1 Å². The molecule has 2 heterocycles. The number of carboxylic acid groups (broad SMARTS) is 1. The first-order chi connectivity index (χ1) is 12.5. The van der Waals surface area contributed by atoms with Gasteiger partial charge in [0.2, 0.25) is 5.16 Å². The first-order valence-corrected chi connectivity index (χ1v) is 9.43. The Morgan fingerprint density at radius 1 is 1.38 bits per heavy atom. The maximum atomic E-state index is 11.6. The maximum absolute atomic E-state index is 11.6. The van der Waals surface area contributed by atoms with Crippen LogP contribution >= 0.6 is 11.8 Å². The number of aliphatic carboxylic acids is 1. The largest absolute Gasteiger partial charge is 0.544 e. The first kappa shape index (κ1) is 18.3. The minimum Gasteiger partial charge on any atom is -0.544 e. The molecule has 2 aromatic heterocycles. The Morgan fingerprint density at radius 2 is 2.15 bits per heavy atom. The van der Waals surface area contributed by atoms with Crippen molar-refractivity contribution in [2.45, 2.75) is 44.8 Å². The third kappa shape index (κ3) is 3.83. The van der Waals surface area contributed by atoms with Crippen molar-refractivity contribution in [1.82, 2.24) is 19.7 Å². The zero-order chi connectivity index (χ0) is 18.7. The zero-order valence-corrected chi connectivity index (χ0v) is 15.8. The summed E-state index contributed by atoms with van der Waals surface area (Å²) in [6, 6.07) is 8.22. The number of carbonyl (C=O) groups is 1. The molecular formula is C19H21N4O2S-. The fourth-order valence-electron chi connectivity index (χ4n) is 2.82. The average Bonchev–Trinajstić information content (AvgIpc) is 3.19. The van der Waals surface area contributed by atoms with Gasteiger partial charge in [-0.25, -0.2) is 4.98 Å². The van der Waals surface area contributed by atoms with E-state index in [1.54, 1.807) is 6.08 Å². The number of nitrogens with one attached hydrogen (secondary N) is 1. The monoisotopic (exact) mass is 369 g/mol. The predicted molar refractivity (Wildman–Crippen MR) is 102 cm³/mol. The lowest BCUT2D eigenvalue weighted by molar-refractivity contribution is -0.297. The Morgan fingerprint density at radius 3 is 2.85 bits per heavy atom. The van der Waals surface area contributed by atoms with Crippen molar-refractivity contribution in [2.75, 3.05) is 0 Å². The van der Waals surface area contributed by atoms with Gasteiger partial charge in [0, 0.05) is 40.0 Å². The van der Waals surface area contributed by atoms with Crippen LogP contribution in [0.3, 0.4) is 0 Å². The summed E-state index contributed by atoms with van der Waals surface area (Å²) in [6.45, 7) is 6.24. The predicted octanol–water partition coefficient (Wildman–Crippen LogP) is 3.18. The van der Waals surface area contributed by atoms with Crippen LogP contribution in [0.2, 0.25) is 0 Å². The standard InChI is InChI=1S/C19H22N4O2S/c1-4-7-17-20-19(22-21-17)26-16(18(24)25)10-13-11-23(12(2)3)15-9-6-5-8-14(13)15/h5-6,8-12H,4,7H2,1-3H3,(H,24,25)(H,20,21,22)/p-1/b16-10-. The average molecular weight is 369 g/mol. The molecule has 0 unspecified atom stereocenters. The molecule has 0 spiro atoms. The lowest BCUT2D eigenvalue weighted by Crippen LogP contribution is -2.23. The van der Waals surface area contributed by atoms with Crippen molar-refractivity contribution in [3.63, 3.8) is 0 Å². The van der Waals surface area contributed by atoms with E-state index in [0.717, 1.165) is 46.9 Å². The van der Waals surface area contributed by atoms with Crippen LogP contribution in [0.25, 0.3) is 17.0 Å². The molecule has 7 heteroatoms. The molecule has 26 heavy (non-hydrogen) atoms. The highest BCUT2D eigenvalue weighted by Gasteiger charge is 2.12. The Hall–Kier alpha value is -2.54. The molecule has 0 aliphatic heterocycles. The quantitative estimate of drug-likeness (QED) is 0.510. The fraction of sp³-hybridized carbons (Fsp3) is 0.316.